The van der Waals surface area contributed by atoms with E-state index in [2.05, 4.69) is 10.6 Å². The van der Waals surface area contributed by atoms with Crippen LogP contribution in [-0.4, -0.2) is 59.9 Å². The molecule has 2 N–H and O–H groups in total. The van der Waals surface area contributed by atoms with Crippen LogP contribution in [0.15, 0.2) is 41.8 Å². The van der Waals surface area contributed by atoms with Gasteiger partial charge in [-0.25, -0.2) is 4.79 Å². The van der Waals surface area contributed by atoms with Crippen LogP contribution >= 0.6 is 22.9 Å². The number of nitrogens with zero attached hydrogens (tertiary/aromatic N) is 2. The van der Waals surface area contributed by atoms with Crippen molar-refractivity contribution in [2.75, 3.05) is 31.5 Å². The first-order valence-corrected chi connectivity index (χ1v) is 12.1. The van der Waals surface area contributed by atoms with Crippen LogP contribution in [0.2, 0.25) is 5.02 Å². The van der Waals surface area contributed by atoms with Crippen LogP contribution in [0.1, 0.15) is 36.4 Å². The Kier molecular flexibility index (Phi) is 8.53. The zero-order valence-corrected chi connectivity index (χ0v) is 19.9. The fourth-order valence-corrected chi connectivity index (χ4v) is 4.76. The number of carbonyl (C=O) groups excluding carboxylic acids is 3. The molecule has 1 aromatic carbocycles. The molecule has 32 heavy (non-hydrogen) atoms. The number of urea groups is 1. The van der Waals surface area contributed by atoms with Crippen molar-refractivity contribution in [1.29, 1.82) is 0 Å². The van der Waals surface area contributed by atoms with Crippen molar-refractivity contribution in [2.45, 2.75) is 32.7 Å². The fraction of sp³-hybridized carbons (Fsp3) is 0.435. The van der Waals surface area contributed by atoms with E-state index < -0.39 is 6.04 Å². The lowest BCUT2D eigenvalue weighted by atomic mass is 9.88. The molecule has 0 radical (unpaired) electrons. The van der Waals surface area contributed by atoms with Gasteiger partial charge < -0.3 is 20.4 Å². The monoisotopic (exact) mass is 476 g/mol. The summed E-state index contributed by atoms with van der Waals surface area (Å²) in [6.45, 7) is 6.05. The van der Waals surface area contributed by atoms with Gasteiger partial charge in [0, 0.05) is 36.9 Å². The third kappa shape index (κ3) is 6.01. The predicted octanol–water partition coefficient (Wildman–Crippen LogP) is 4.31. The Labute approximate surface area is 197 Å². The Morgan fingerprint density at radius 3 is 2.47 bits per heavy atom. The Bertz CT molecular complexity index is 925. The molecular weight excluding hydrogens is 448 g/mol. The molecule has 1 aliphatic heterocycles. The number of benzene rings is 1. The molecule has 0 aliphatic carbocycles. The maximum absolute atomic E-state index is 13.2. The minimum atomic E-state index is -0.609. The minimum absolute atomic E-state index is 0.0396. The maximum Gasteiger partial charge on any atom is 0.321 e. The van der Waals surface area contributed by atoms with E-state index in [0.29, 0.717) is 54.6 Å². The Balaban J connectivity index is 1.65. The molecule has 1 fully saturated rings. The van der Waals surface area contributed by atoms with Gasteiger partial charge in [0.15, 0.2) is 0 Å². The summed E-state index contributed by atoms with van der Waals surface area (Å²) >= 11 is 7.34. The Morgan fingerprint density at radius 2 is 1.88 bits per heavy atom. The van der Waals surface area contributed by atoms with E-state index in [1.54, 1.807) is 40.1 Å². The summed E-state index contributed by atoms with van der Waals surface area (Å²) in [6, 6.07) is 9.78. The summed E-state index contributed by atoms with van der Waals surface area (Å²) in [5, 5.41) is 8.24. The van der Waals surface area contributed by atoms with Crippen molar-refractivity contribution in [3.8, 4) is 0 Å². The van der Waals surface area contributed by atoms with Crippen molar-refractivity contribution < 1.29 is 14.4 Å². The number of amides is 4. The highest BCUT2D eigenvalue weighted by Gasteiger charge is 2.35. The van der Waals surface area contributed by atoms with Crippen molar-refractivity contribution in [3.63, 3.8) is 0 Å². The number of likely N-dealkylation sites (N-methyl/N-ethyl adjacent to an activating group) is 1. The number of likely N-dealkylation sites (tertiary alicyclic amines) is 1. The zero-order valence-electron chi connectivity index (χ0n) is 18.3. The van der Waals surface area contributed by atoms with Crippen LogP contribution in [0.4, 0.5) is 10.5 Å². The van der Waals surface area contributed by atoms with Gasteiger partial charge in [0.25, 0.3) is 5.91 Å². The lowest BCUT2D eigenvalue weighted by Crippen LogP contribution is -2.55. The quantitative estimate of drug-likeness (QED) is 0.624. The van der Waals surface area contributed by atoms with Crippen LogP contribution in [0.25, 0.3) is 0 Å². The summed E-state index contributed by atoms with van der Waals surface area (Å²) < 4.78 is 0. The normalized spacial score (nSPS) is 15.2. The average molecular weight is 477 g/mol. The Hall–Kier alpha value is -2.58. The number of hydrogen-bond acceptors (Lipinski definition) is 4. The van der Waals surface area contributed by atoms with E-state index in [1.165, 1.54) is 11.3 Å². The molecule has 4 amide bonds. The molecule has 9 heteroatoms. The first-order chi connectivity index (χ1) is 15.4. The molecular formula is C23H29ClN4O3S. The number of anilines is 1. The maximum atomic E-state index is 13.2. The van der Waals surface area contributed by atoms with Gasteiger partial charge in [-0.15, -0.1) is 11.3 Å². The molecule has 0 bridgehead atoms. The van der Waals surface area contributed by atoms with Crippen molar-refractivity contribution in [2.24, 2.45) is 5.92 Å². The van der Waals surface area contributed by atoms with Gasteiger partial charge in [-0.05, 0) is 62.3 Å². The van der Waals surface area contributed by atoms with Crippen molar-refractivity contribution >= 4 is 46.5 Å². The van der Waals surface area contributed by atoms with E-state index in [1.807, 2.05) is 25.3 Å². The van der Waals surface area contributed by atoms with Crippen LogP contribution in [0.3, 0.4) is 0 Å². The highest BCUT2D eigenvalue weighted by Crippen LogP contribution is 2.24. The molecule has 0 spiro atoms. The lowest BCUT2D eigenvalue weighted by molar-refractivity contribution is -0.134. The number of hydrogen-bond donors (Lipinski definition) is 2. The molecule has 0 saturated carbocycles. The van der Waals surface area contributed by atoms with E-state index in [-0.39, 0.29) is 23.8 Å². The van der Waals surface area contributed by atoms with Crippen LogP contribution < -0.4 is 10.6 Å². The number of piperidine rings is 1. The average Bonchev–Trinajstić information content (AvgIpc) is 3.33. The van der Waals surface area contributed by atoms with Crippen LogP contribution in [0.5, 0.6) is 0 Å². The number of halogens is 1. The molecule has 2 heterocycles. The van der Waals surface area contributed by atoms with Crippen molar-refractivity contribution in [3.05, 3.63) is 51.7 Å². The second kappa shape index (κ2) is 11.3. The summed E-state index contributed by atoms with van der Waals surface area (Å²) in [6.07, 6.45) is 1.26. The second-order valence-corrected chi connectivity index (χ2v) is 9.09. The molecule has 2 aromatic rings. The van der Waals surface area contributed by atoms with Gasteiger partial charge >= 0.3 is 6.03 Å². The van der Waals surface area contributed by atoms with Gasteiger partial charge in [-0.2, -0.15) is 0 Å². The van der Waals surface area contributed by atoms with Crippen LogP contribution in [-0.2, 0) is 4.79 Å². The molecule has 3 rings (SSSR count). The summed E-state index contributed by atoms with van der Waals surface area (Å²) in [5.74, 6) is -0.337. The minimum Gasteiger partial charge on any atom is -0.341 e. The molecule has 1 aromatic heterocycles. The van der Waals surface area contributed by atoms with Gasteiger partial charge in [0.05, 0.1) is 4.88 Å². The Morgan fingerprint density at radius 1 is 1.16 bits per heavy atom. The van der Waals surface area contributed by atoms with Gasteiger partial charge in [0.1, 0.15) is 6.04 Å². The molecule has 7 nitrogen and oxygen atoms in total. The van der Waals surface area contributed by atoms with Gasteiger partial charge in [-0.3, -0.25) is 9.59 Å². The SMILES string of the molecule is CCN(CC)C(=O)[C@H](NC(=O)c1cccs1)C1CCN(C(=O)Nc2cccc(Cl)c2)CC1. The van der Waals surface area contributed by atoms with Gasteiger partial charge in [-0.1, -0.05) is 23.7 Å². The zero-order chi connectivity index (χ0) is 23.1. The molecule has 1 saturated heterocycles. The smallest absolute Gasteiger partial charge is 0.321 e. The number of thiophene rings is 1. The first-order valence-electron chi connectivity index (χ1n) is 10.9. The first kappa shape index (κ1) is 24.1. The number of rotatable bonds is 7. The van der Waals surface area contributed by atoms with E-state index in [4.69, 9.17) is 11.6 Å². The molecule has 172 valence electrons. The summed E-state index contributed by atoms with van der Waals surface area (Å²) in [7, 11) is 0. The lowest BCUT2D eigenvalue weighted by Gasteiger charge is -2.37. The highest BCUT2D eigenvalue weighted by molar-refractivity contribution is 7.12. The van der Waals surface area contributed by atoms with E-state index in [0.717, 1.165) is 0 Å². The van der Waals surface area contributed by atoms with E-state index in [9.17, 15) is 14.4 Å². The highest BCUT2D eigenvalue weighted by atomic mass is 35.5. The van der Waals surface area contributed by atoms with E-state index >= 15 is 0 Å². The third-order valence-electron chi connectivity index (χ3n) is 5.75. The topological polar surface area (TPSA) is 81.8 Å². The number of nitrogens with one attached hydrogen (secondary N) is 2. The predicted molar refractivity (Wildman–Crippen MR) is 128 cm³/mol. The largest absolute Gasteiger partial charge is 0.341 e. The second-order valence-electron chi connectivity index (χ2n) is 7.70. The van der Waals surface area contributed by atoms with Crippen molar-refractivity contribution in [1.82, 2.24) is 15.1 Å². The standard InChI is InChI=1S/C23H29ClN4O3S/c1-3-27(4-2)22(30)20(26-21(29)19-9-6-14-32-19)16-10-12-28(13-11-16)23(31)25-18-8-5-7-17(24)15-18/h5-9,14-16,20H,3-4,10-13H2,1-2H3,(H,25,31)(H,26,29)/t20-/m1/s1. The summed E-state index contributed by atoms with van der Waals surface area (Å²) in [5.41, 5.74) is 0.641. The third-order valence-corrected chi connectivity index (χ3v) is 6.85. The number of carbonyl (C=O) groups is 3. The summed E-state index contributed by atoms with van der Waals surface area (Å²) in [4.78, 5) is 42.6. The van der Waals surface area contributed by atoms with Crippen LogP contribution in [0, 0.1) is 5.92 Å². The molecule has 1 aliphatic rings. The molecule has 0 unspecified atom stereocenters. The fourth-order valence-electron chi connectivity index (χ4n) is 3.94. The molecule has 1 atom stereocenters. The van der Waals surface area contributed by atoms with Gasteiger partial charge in [0.2, 0.25) is 5.91 Å².